The first-order chi connectivity index (χ1) is 9.06. The summed E-state index contributed by atoms with van der Waals surface area (Å²) in [5.74, 6) is 0.0444. The Morgan fingerprint density at radius 1 is 1.32 bits per heavy atom. The van der Waals surface area contributed by atoms with Gasteiger partial charge in [-0.05, 0) is 24.5 Å². The van der Waals surface area contributed by atoms with Gasteiger partial charge in [-0.1, -0.05) is 23.2 Å². The van der Waals surface area contributed by atoms with Gasteiger partial charge in [0.2, 0.25) is 5.89 Å². The maximum atomic E-state index is 11.9. The van der Waals surface area contributed by atoms with Gasteiger partial charge in [-0.15, -0.1) is 10.2 Å². The van der Waals surface area contributed by atoms with Gasteiger partial charge in [-0.25, -0.2) is 4.79 Å². The average molecular weight is 315 g/mol. The molecular weight excluding hydrogens is 311 g/mol. The molecule has 0 atom stereocenters. The van der Waals surface area contributed by atoms with Crippen LogP contribution in [0.2, 0.25) is 10.3 Å². The molecule has 0 fully saturated rings. The summed E-state index contributed by atoms with van der Waals surface area (Å²) in [7, 11) is 0. The SMILES string of the molecule is Cc1nsc2nc(-c3cc(Cl)nnc3Cl)oc(=O)c12. The molecule has 3 aromatic rings. The first-order valence-electron chi connectivity index (χ1n) is 5.02. The van der Waals surface area contributed by atoms with E-state index < -0.39 is 5.63 Å². The molecule has 0 radical (unpaired) electrons. The van der Waals surface area contributed by atoms with E-state index in [4.69, 9.17) is 27.6 Å². The number of halogens is 2. The van der Waals surface area contributed by atoms with Crippen molar-refractivity contribution >= 4 is 45.0 Å². The zero-order valence-electron chi connectivity index (χ0n) is 9.35. The molecule has 6 nitrogen and oxygen atoms in total. The summed E-state index contributed by atoms with van der Waals surface area (Å²) in [6, 6.07) is 1.43. The van der Waals surface area contributed by atoms with Crippen LogP contribution in [-0.2, 0) is 0 Å². The third-order valence-corrected chi connectivity index (χ3v) is 3.69. The summed E-state index contributed by atoms with van der Waals surface area (Å²) < 4.78 is 9.20. The van der Waals surface area contributed by atoms with Gasteiger partial charge in [-0.3, -0.25) is 0 Å². The van der Waals surface area contributed by atoms with Crippen LogP contribution in [0.1, 0.15) is 5.69 Å². The second kappa shape index (κ2) is 4.52. The molecule has 9 heteroatoms. The van der Waals surface area contributed by atoms with Crippen LogP contribution < -0.4 is 5.63 Å². The molecule has 0 aliphatic rings. The Balaban J connectivity index is 2.32. The zero-order chi connectivity index (χ0) is 13.6. The maximum absolute atomic E-state index is 11.9. The lowest BCUT2D eigenvalue weighted by Gasteiger charge is -2.00. The van der Waals surface area contributed by atoms with Crippen LogP contribution in [0.5, 0.6) is 0 Å². The van der Waals surface area contributed by atoms with E-state index >= 15 is 0 Å². The normalized spacial score (nSPS) is 11.1. The van der Waals surface area contributed by atoms with Crippen LogP contribution in [-0.4, -0.2) is 19.6 Å². The molecule has 0 aliphatic heterocycles. The highest BCUT2D eigenvalue weighted by molar-refractivity contribution is 7.12. The highest BCUT2D eigenvalue weighted by Crippen LogP contribution is 2.27. The topological polar surface area (TPSA) is 81.8 Å². The van der Waals surface area contributed by atoms with Gasteiger partial charge in [0.15, 0.2) is 15.1 Å². The van der Waals surface area contributed by atoms with Gasteiger partial charge in [0.25, 0.3) is 0 Å². The summed E-state index contributed by atoms with van der Waals surface area (Å²) in [4.78, 5) is 16.6. The number of aromatic nitrogens is 4. The Hall–Kier alpha value is -1.57. The fourth-order valence-corrected chi connectivity index (χ4v) is 2.62. The summed E-state index contributed by atoms with van der Waals surface area (Å²) >= 11 is 12.7. The number of aryl methyl sites for hydroxylation is 1. The van der Waals surface area contributed by atoms with Crippen molar-refractivity contribution in [1.29, 1.82) is 0 Å². The van der Waals surface area contributed by atoms with E-state index in [0.717, 1.165) is 11.5 Å². The fourth-order valence-electron chi connectivity index (χ4n) is 1.54. The van der Waals surface area contributed by atoms with Crippen molar-refractivity contribution in [3.8, 4) is 11.5 Å². The predicted octanol–water partition coefficient (Wildman–Crippen LogP) is 2.72. The molecule has 0 spiro atoms. The summed E-state index contributed by atoms with van der Waals surface area (Å²) in [6.07, 6.45) is 0. The second-order valence-corrected chi connectivity index (χ2v) is 5.12. The minimum absolute atomic E-state index is 0.0444. The Morgan fingerprint density at radius 3 is 2.89 bits per heavy atom. The molecule has 0 saturated carbocycles. The van der Waals surface area contributed by atoms with Gasteiger partial charge in [0, 0.05) is 0 Å². The van der Waals surface area contributed by atoms with Crippen LogP contribution in [0.15, 0.2) is 15.3 Å². The van der Waals surface area contributed by atoms with Crippen LogP contribution in [0.4, 0.5) is 0 Å². The van der Waals surface area contributed by atoms with Crippen molar-refractivity contribution in [3.63, 3.8) is 0 Å². The molecule has 0 aliphatic carbocycles. The van der Waals surface area contributed by atoms with E-state index in [1.165, 1.54) is 6.07 Å². The molecule has 96 valence electrons. The predicted molar refractivity (Wildman–Crippen MR) is 71.7 cm³/mol. The maximum Gasteiger partial charge on any atom is 0.349 e. The Morgan fingerprint density at radius 2 is 2.11 bits per heavy atom. The molecule has 3 heterocycles. The van der Waals surface area contributed by atoms with E-state index in [-0.39, 0.29) is 16.2 Å². The molecule has 0 saturated heterocycles. The monoisotopic (exact) mass is 314 g/mol. The molecule has 0 aromatic carbocycles. The highest BCUT2D eigenvalue weighted by atomic mass is 35.5. The van der Waals surface area contributed by atoms with E-state index in [0.29, 0.717) is 21.5 Å². The molecule has 0 unspecified atom stereocenters. The minimum Gasteiger partial charge on any atom is -0.403 e. The minimum atomic E-state index is -0.518. The van der Waals surface area contributed by atoms with Gasteiger partial charge in [0.1, 0.15) is 5.39 Å². The lowest BCUT2D eigenvalue weighted by atomic mass is 10.3. The molecule has 3 aromatic heterocycles. The second-order valence-electron chi connectivity index (χ2n) is 3.63. The molecule has 3 rings (SSSR count). The number of nitrogens with zero attached hydrogens (tertiary/aromatic N) is 4. The van der Waals surface area contributed by atoms with Crippen molar-refractivity contribution in [2.45, 2.75) is 6.92 Å². The van der Waals surface area contributed by atoms with Crippen LogP contribution in [0, 0.1) is 6.92 Å². The Labute approximate surface area is 120 Å². The third-order valence-electron chi connectivity index (χ3n) is 2.39. The number of hydrogen-bond donors (Lipinski definition) is 0. The first-order valence-corrected chi connectivity index (χ1v) is 6.55. The Bertz CT molecular complexity index is 845. The smallest absolute Gasteiger partial charge is 0.349 e. The molecule has 0 bridgehead atoms. The molecule has 0 amide bonds. The standard InChI is InChI=1S/C10H4Cl2N4O2S/c1-3-6-9(19-16-3)13-8(18-10(6)17)4-2-5(11)14-15-7(4)12/h2H,1H3. The van der Waals surface area contributed by atoms with E-state index in [2.05, 4.69) is 19.6 Å². The van der Waals surface area contributed by atoms with Crippen molar-refractivity contribution < 1.29 is 4.42 Å². The fraction of sp³-hybridized carbons (Fsp3) is 0.100. The van der Waals surface area contributed by atoms with Gasteiger partial charge in [0.05, 0.1) is 11.3 Å². The quantitative estimate of drug-likeness (QED) is 0.687. The first kappa shape index (κ1) is 12.5. The van der Waals surface area contributed by atoms with Gasteiger partial charge >= 0.3 is 5.63 Å². The van der Waals surface area contributed by atoms with E-state index in [9.17, 15) is 4.79 Å². The number of hydrogen-bond acceptors (Lipinski definition) is 7. The average Bonchev–Trinajstić information content (AvgIpc) is 2.74. The van der Waals surface area contributed by atoms with Gasteiger partial charge < -0.3 is 4.42 Å². The Kier molecular flexibility index (Phi) is 2.96. The van der Waals surface area contributed by atoms with Crippen molar-refractivity contribution in [3.05, 3.63) is 32.5 Å². The summed E-state index contributed by atoms with van der Waals surface area (Å²) in [5, 5.41) is 7.78. The summed E-state index contributed by atoms with van der Waals surface area (Å²) in [6.45, 7) is 1.72. The van der Waals surface area contributed by atoms with Crippen LogP contribution >= 0.6 is 34.7 Å². The molecule has 0 N–H and O–H groups in total. The molecule has 19 heavy (non-hydrogen) atoms. The lowest BCUT2D eigenvalue weighted by molar-refractivity contribution is 0.518. The lowest BCUT2D eigenvalue weighted by Crippen LogP contribution is -2.03. The number of fused-ring (bicyclic) bond motifs is 1. The van der Waals surface area contributed by atoms with Crippen molar-refractivity contribution in [2.24, 2.45) is 0 Å². The van der Waals surface area contributed by atoms with Crippen molar-refractivity contribution in [1.82, 2.24) is 19.6 Å². The van der Waals surface area contributed by atoms with E-state index in [1.54, 1.807) is 6.92 Å². The van der Waals surface area contributed by atoms with Crippen LogP contribution in [0.3, 0.4) is 0 Å². The molecular formula is C10H4Cl2N4O2S. The van der Waals surface area contributed by atoms with Crippen molar-refractivity contribution in [2.75, 3.05) is 0 Å². The zero-order valence-corrected chi connectivity index (χ0v) is 11.7. The third kappa shape index (κ3) is 2.09. The van der Waals surface area contributed by atoms with Crippen LogP contribution in [0.25, 0.3) is 21.7 Å². The summed E-state index contributed by atoms with van der Waals surface area (Å²) in [5.41, 5.74) is 0.381. The largest absolute Gasteiger partial charge is 0.403 e. The highest BCUT2D eigenvalue weighted by Gasteiger charge is 2.16. The number of rotatable bonds is 1. The van der Waals surface area contributed by atoms with E-state index in [1.807, 2.05) is 0 Å². The van der Waals surface area contributed by atoms with Gasteiger partial charge in [-0.2, -0.15) is 9.36 Å².